The van der Waals surface area contributed by atoms with Gasteiger partial charge in [0.1, 0.15) is 5.75 Å². The standard InChI is InChI=1S/C19H25N2O6P/c1-5-8-16(6-2)28(23,27-21-14-9-7-10-20-13-14)26-15-11-17(24-3)19(22)18(12-15)25-4/h7-13,21-22H,5-6H2,1-4H3/b16-8+. The second-order valence-corrected chi connectivity index (χ2v) is 7.59. The molecule has 28 heavy (non-hydrogen) atoms. The highest BCUT2D eigenvalue weighted by molar-refractivity contribution is 7.58. The number of aromatic hydroxyl groups is 1. The lowest BCUT2D eigenvalue weighted by atomic mass is 10.3. The van der Waals surface area contributed by atoms with E-state index in [1.54, 1.807) is 24.4 Å². The molecule has 0 saturated heterocycles. The molecule has 0 radical (unpaired) electrons. The second kappa shape index (κ2) is 10.0. The Kier molecular flexibility index (Phi) is 7.72. The van der Waals surface area contributed by atoms with Gasteiger partial charge in [-0.05, 0) is 25.0 Å². The van der Waals surface area contributed by atoms with Crippen LogP contribution in [0, 0.1) is 0 Å². The topological polar surface area (TPSA) is 99.1 Å². The third-order valence-electron chi connectivity index (χ3n) is 3.78. The van der Waals surface area contributed by atoms with E-state index in [-0.39, 0.29) is 23.0 Å². The maximum Gasteiger partial charge on any atom is 0.427 e. The van der Waals surface area contributed by atoms with Gasteiger partial charge in [0.2, 0.25) is 5.75 Å². The highest BCUT2D eigenvalue weighted by atomic mass is 31.2. The van der Waals surface area contributed by atoms with Crippen LogP contribution in [0.1, 0.15) is 26.7 Å². The zero-order valence-corrected chi connectivity index (χ0v) is 17.2. The molecule has 1 heterocycles. The summed E-state index contributed by atoms with van der Waals surface area (Å²) in [5.74, 6) is 0.233. The Bertz CT molecular complexity index is 832. The number of ether oxygens (including phenoxy) is 2. The minimum atomic E-state index is -3.78. The van der Waals surface area contributed by atoms with Crippen molar-refractivity contribution in [3.63, 3.8) is 0 Å². The van der Waals surface area contributed by atoms with Crippen molar-refractivity contribution in [2.45, 2.75) is 26.7 Å². The Morgan fingerprint density at radius 1 is 1.25 bits per heavy atom. The molecule has 0 aliphatic carbocycles. The summed E-state index contributed by atoms with van der Waals surface area (Å²) in [6.07, 6.45) is 6.08. The number of aromatic nitrogens is 1. The number of anilines is 1. The van der Waals surface area contributed by atoms with Crippen LogP contribution in [0.3, 0.4) is 0 Å². The van der Waals surface area contributed by atoms with Gasteiger partial charge in [0.15, 0.2) is 11.5 Å². The smallest absolute Gasteiger partial charge is 0.427 e. The summed E-state index contributed by atoms with van der Waals surface area (Å²) in [4.78, 5) is 3.98. The van der Waals surface area contributed by atoms with Gasteiger partial charge in [0.05, 0.1) is 31.4 Å². The Morgan fingerprint density at radius 3 is 2.43 bits per heavy atom. The summed E-state index contributed by atoms with van der Waals surface area (Å²) in [6.45, 7) is 3.80. The molecule has 2 rings (SSSR count). The highest BCUT2D eigenvalue weighted by Gasteiger charge is 2.32. The van der Waals surface area contributed by atoms with Crippen LogP contribution >= 0.6 is 7.60 Å². The number of benzene rings is 1. The summed E-state index contributed by atoms with van der Waals surface area (Å²) in [6, 6.07) is 6.27. The number of nitrogens with one attached hydrogen (secondary N) is 1. The number of methoxy groups -OCH3 is 2. The monoisotopic (exact) mass is 408 g/mol. The van der Waals surface area contributed by atoms with E-state index in [1.165, 1.54) is 32.5 Å². The summed E-state index contributed by atoms with van der Waals surface area (Å²) in [5, 5.41) is 10.6. The Balaban J connectivity index is 2.39. The van der Waals surface area contributed by atoms with Crippen molar-refractivity contribution in [2.24, 2.45) is 0 Å². The minimum Gasteiger partial charge on any atom is -0.502 e. The van der Waals surface area contributed by atoms with E-state index in [9.17, 15) is 9.67 Å². The molecule has 0 aliphatic rings. The molecule has 0 bridgehead atoms. The Morgan fingerprint density at radius 2 is 1.93 bits per heavy atom. The predicted octanol–water partition coefficient (Wildman–Crippen LogP) is 5.12. The van der Waals surface area contributed by atoms with Gasteiger partial charge in [0.25, 0.3) is 0 Å². The number of hydrogen-bond donors (Lipinski definition) is 2. The lowest BCUT2D eigenvalue weighted by Gasteiger charge is -2.22. The lowest BCUT2D eigenvalue weighted by molar-refractivity contribution is 0.316. The molecule has 2 N–H and O–H groups in total. The van der Waals surface area contributed by atoms with Gasteiger partial charge in [-0.15, -0.1) is 0 Å². The summed E-state index contributed by atoms with van der Waals surface area (Å²) in [5.41, 5.74) is 3.17. The van der Waals surface area contributed by atoms with Crippen molar-refractivity contribution < 1.29 is 28.3 Å². The number of phenolic OH excluding ortho intramolecular Hbond substituents is 1. The molecule has 0 spiro atoms. The van der Waals surface area contributed by atoms with E-state index in [1.807, 2.05) is 13.8 Å². The minimum absolute atomic E-state index is 0.124. The molecule has 1 unspecified atom stereocenters. The van der Waals surface area contributed by atoms with Crippen LogP contribution in [0.25, 0.3) is 0 Å². The molecular formula is C19H25N2O6P. The predicted molar refractivity (Wildman–Crippen MR) is 107 cm³/mol. The van der Waals surface area contributed by atoms with Crippen molar-refractivity contribution in [2.75, 3.05) is 19.7 Å². The van der Waals surface area contributed by atoms with Crippen molar-refractivity contribution in [3.05, 3.63) is 48.0 Å². The molecule has 0 amide bonds. The van der Waals surface area contributed by atoms with Crippen LogP contribution in [0.4, 0.5) is 5.69 Å². The first kappa shape index (κ1) is 21.6. The van der Waals surface area contributed by atoms with Crippen LogP contribution < -0.4 is 19.5 Å². The van der Waals surface area contributed by atoms with Gasteiger partial charge in [0, 0.05) is 18.3 Å². The fourth-order valence-corrected chi connectivity index (χ4v) is 4.09. The fraction of sp³-hybridized carbons (Fsp3) is 0.316. The van der Waals surface area contributed by atoms with Gasteiger partial charge < -0.3 is 19.1 Å². The zero-order valence-electron chi connectivity index (χ0n) is 16.3. The molecule has 0 saturated carbocycles. The normalized spacial score (nSPS) is 13.5. The average Bonchev–Trinajstić information content (AvgIpc) is 2.72. The Labute approximate surface area is 164 Å². The van der Waals surface area contributed by atoms with E-state index in [0.29, 0.717) is 23.8 Å². The van der Waals surface area contributed by atoms with Crippen LogP contribution in [0.5, 0.6) is 23.0 Å². The van der Waals surface area contributed by atoms with E-state index >= 15 is 0 Å². The summed E-state index contributed by atoms with van der Waals surface area (Å²) in [7, 11) is -0.988. The summed E-state index contributed by atoms with van der Waals surface area (Å²) < 4.78 is 35.2. The van der Waals surface area contributed by atoms with Gasteiger partial charge in [-0.3, -0.25) is 10.5 Å². The number of rotatable bonds is 10. The van der Waals surface area contributed by atoms with Crippen LogP contribution in [-0.2, 0) is 9.19 Å². The molecular weight excluding hydrogens is 383 g/mol. The molecule has 152 valence electrons. The van der Waals surface area contributed by atoms with E-state index in [4.69, 9.17) is 18.6 Å². The van der Waals surface area contributed by atoms with E-state index in [2.05, 4.69) is 10.5 Å². The van der Waals surface area contributed by atoms with Gasteiger partial charge in [-0.1, -0.05) is 19.9 Å². The third kappa shape index (κ3) is 5.18. The van der Waals surface area contributed by atoms with Gasteiger partial charge >= 0.3 is 7.60 Å². The highest BCUT2D eigenvalue weighted by Crippen LogP contribution is 2.58. The molecule has 1 atom stereocenters. The fourth-order valence-electron chi connectivity index (χ4n) is 2.42. The third-order valence-corrected chi connectivity index (χ3v) is 5.76. The van der Waals surface area contributed by atoms with Crippen LogP contribution in [-0.4, -0.2) is 24.3 Å². The van der Waals surface area contributed by atoms with E-state index in [0.717, 1.165) is 0 Å². The average molecular weight is 408 g/mol. The van der Waals surface area contributed by atoms with Crippen molar-refractivity contribution in [1.29, 1.82) is 0 Å². The molecule has 1 aromatic carbocycles. The quantitative estimate of drug-likeness (QED) is 0.413. The number of pyridine rings is 1. The molecule has 0 aliphatic heterocycles. The SMILES string of the molecule is CC/C=C(\CC)P(=O)(ONc1cccnc1)Oc1cc(OC)c(O)c(OC)c1. The molecule has 0 fully saturated rings. The number of phenols is 1. The first-order valence-electron chi connectivity index (χ1n) is 8.76. The maximum absolute atomic E-state index is 13.6. The summed E-state index contributed by atoms with van der Waals surface area (Å²) >= 11 is 0. The van der Waals surface area contributed by atoms with Gasteiger partial charge in [-0.2, -0.15) is 4.62 Å². The Hall–Kier alpha value is -2.70. The van der Waals surface area contributed by atoms with Gasteiger partial charge in [-0.25, -0.2) is 4.57 Å². The molecule has 8 nitrogen and oxygen atoms in total. The molecule has 9 heteroatoms. The van der Waals surface area contributed by atoms with Crippen LogP contribution in [0.15, 0.2) is 48.0 Å². The number of allylic oxidation sites excluding steroid dienone is 2. The largest absolute Gasteiger partial charge is 0.502 e. The second-order valence-electron chi connectivity index (χ2n) is 5.66. The van der Waals surface area contributed by atoms with Crippen molar-refractivity contribution in [3.8, 4) is 23.0 Å². The number of hydrogen-bond acceptors (Lipinski definition) is 8. The van der Waals surface area contributed by atoms with Crippen molar-refractivity contribution in [1.82, 2.24) is 4.98 Å². The molecule has 2 aromatic rings. The number of nitrogens with zero attached hydrogens (tertiary/aromatic N) is 1. The van der Waals surface area contributed by atoms with Crippen LogP contribution in [0.2, 0.25) is 0 Å². The van der Waals surface area contributed by atoms with E-state index < -0.39 is 7.60 Å². The first-order chi connectivity index (χ1) is 13.5. The van der Waals surface area contributed by atoms with Crippen molar-refractivity contribution >= 4 is 13.3 Å². The molecule has 1 aromatic heterocycles. The lowest BCUT2D eigenvalue weighted by Crippen LogP contribution is -2.07. The maximum atomic E-state index is 13.6. The zero-order chi connectivity index (χ0) is 20.6. The first-order valence-corrected chi connectivity index (χ1v) is 10.3.